The monoisotopic (exact) mass is 852 g/mol. The van der Waals surface area contributed by atoms with E-state index >= 15 is 8.78 Å². The van der Waals surface area contributed by atoms with Gasteiger partial charge in [-0.3, -0.25) is 14.8 Å². The van der Waals surface area contributed by atoms with E-state index in [1.807, 2.05) is 24.3 Å². The fourth-order valence-electron chi connectivity index (χ4n) is 7.00. The van der Waals surface area contributed by atoms with E-state index in [2.05, 4.69) is 19.9 Å². The van der Waals surface area contributed by atoms with E-state index in [-0.39, 0.29) is 58.5 Å². The molecule has 11 nitrogen and oxygen atoms in total. The number of benzene rings is 4. The number of aromatic nitrogens is 4. The molecule has 0 aliphatic heterocycles. The number of ether oxygens (including phenoxy) is 2. The number of anilines is 2. The van der Waals surface area contributed by atoms with E-state index in [1.54, 1.807) is 36.4 Å². The number of hydrogen-bond acceptors (Lipinski definition) is 11. The van der Waals surface area contributed by atoms with Gasteiger partial charge in [0.05, 0.1) is 41.1 Å². The molecule has 0 atom stereocenters. The van der Waals surface area contributed by atoms with Crippen molar-refractivity contribution < 1.29 is 31.5 Å². The van der Waals surface area contributed by atoms with Crippen molar-refractivity contribution in [2.24, 2.45) is 0 Å². The van der Waals surface area contributed by atoms with Crippen LogP contribution < -0.4 is 20.9 Å². The van der Waals surface area contributed by atoms with Crippen molar-refractivity contribution in [1.82, 2.24) is 19.9 Å². The van der Waals surface area contributed by atoms with Gasteiger partial charge < -0.3 is 20.9 Å². The third-order valence-corrected chi connectivity index (χ3v) is 12.2. The molecule has 4 aromatic carbocycles. The van der Waals surface area contributed by atoms with Gasteiger partial charge in [0.15, 0.2) is 38.8 Å². The van der Waals surface area contributed by atoms with E-state index in [4.69, 9.17) is 32.5 Å². The van der Waals surface area contributed by atoms with Gasteiger partial charge in [0.25, 0.3) is 0 Å². The lowest BCUT2D eigenvalue weighted by atomic mass is 9.79. The molecule has 2 fully saturated rings. The van der Waals surface area contributed by atoms with Crippen LogP contribution in [-0.2, 0) is 23.1 Å². The van der Waals surface area contributed by atoms with Crippen LogP contribution in [0.15, 0.2) is 96.4 Å². The van der Waals surface area contributed by atoms with Gasteiger partial charge in [0.1, 0.15) is 24.8 Å². The molecule has 4 N–H and O–H groups in total. The molecule has 0 bridgehead atoms. The predicted molar refractivity (Wildman–Crippen MR) is 227 cm³/mol. The van der Waals surface area contributed by atoms with Crippen LogP contribution in [0, 0.1) is 11.6 Å². The highest BCUT2D eigenvalue weighted by Gasteiger charge is 2.29. The number of carbonyl (C=O) groups excluding carboxylic acids is 1. The lowest BCUT2D eigenvalue weighted by Gasteiger charge is -2.28. The highest BCUT2D eigenvalue weighted by atomic mass is 35.5. The maximum atomic E-state index is 15.6. The zero-order valence-corrected chi connectivity index (χ0v) is 34.6. The molecule has 2 aromatic heterocycles. The number of hydrogen-bond donors (Lipinski definition) is 2. The first-order valence-electron chi connectivity index (χ1n) is 19.4. The predicted octanol–water partition coefficient (Wildman–Crippen LogP) is 9.68. The van der Waals surface area contributed by atoms with Crippen LogP contribution in [0.1, 0.15) is 89.9 Å². The van der Waals surface area contributed by atoms with Crippen LogP contribution in [0.5, 0.6) is 11.5 Å². The summed E-state index contributed by atoms with van der Waals surface area (Å²) in [4.78, 5) is 27.8. The molecule has 15 heteroatoms. The van der Waals surface area contributed by atoms with Crippen LogP contribution in [0.2, 0.25) is 5.02 Å². The van der Waals surface area contributed by atoms with Gasteiger partial charge in [0, 0.05) is 44.7 Å². The summed E-state index contributed by atoms with van der Waals surface area (Å²) in [7, 11) is -3.53. The van der Waals surface area contributed by atoms with Gasteiger partial charge in [0.2, 0.25) is 0 Å². The topological polar surface area (TPSA) is 173 Å². The summed E-state index contributed by atoms with van der Waals surface area (Å²) in [5, 5.41) is 0.300. The molecule has 2 aliphatic rings. The standard InChI is InChI=1S/C23H22FN3O2.C22H21ClFN3O3S/c1-14(28)16-7-5-15(6-8-16)13-29-23-18(17-3-2-4-17)9-10-19(22(23)24)20-11-27-21(25)12-26-20;1-31(28,29)19-9-15(23)6-5-14(19)12-30-22-16(13-3-2-4-13)7-8-17(21(22)24)18-10-27-20(25)11-26-18/h5-12,17H,2-4,13H2,1H3,(H2,25,27);5-11,13H,2-4,12H2,1H3,(H2,25,27). The summed E-state index contributed by atoms with van der Waals surface area (Å²) in [5.74, 6) is 0.423. The second-order valence-electron chi connectivity index (χ2n) is 15.0. The number of halogens is 3. The number of sulfone groups is 1. The van der Waals surface area contributed by atoms with Crippen LogP contribution in [-0.4, -0.2) is 40.4 Å². The highest BCUT2D eigenvalue weighted by Crippen LogP contribution is 2.45. The molecule has 6 aromatic rings. The summed E-state index contributed by atoms with van der Waals surface area (Å²) < 4.78 is 67.2. The fourth-order valence-corrected chi connectivity index (χ4v) is 8.18. The van der Waals surface area contributed by atoms with Crippen molar-refractivity contribution in [2.45, 2.75) is 75.4 Å². The van der Waals surface area contributed by atoms with E-state index in [0.717, 1.165) is 61.5 Å². The lowest BCUT2D eigenvalue weighted by molar-refractivity contribution is 0.101. The second kappa shape index (κ2) is 18.1. The zero-order valence-electron chi connectivity index (χ0n) is 33.0. The van der Waals surface area contributed by atoms with Crippen LogP contribution in [0.25, 0.3) is 22.5 Å². The summed E-state index contributed by atoms with van der Waals surface area (Å²) in [6.45, 7) is 1.62. The number of ketones is 1. The van der Waals surface area contributed by atoms with Crippen LogP contribution in [0.3, 0.4) is 0 Å². The number of nitrogens with zero attached hydrogens (tertiary/aromatic N) is 4. The molecular formula is C45H43ClF2N6O5S. The van der Waals surface area contributed by atoms with E-state index in [1.165, 1.54) is 37.8 Å². The quantitative estimate of drug-likeness (QED) is 0.112. The van der Waals surface area contributed by atoms with Crippen molar-refractivity contribution in [3.63, 3.8) is 0 Å². The third kappa shape index (κ3) is 9.55. The maximum Gasteiger partial charge on any atom is 0.175 e. The Hall–Kier alpha value is -5.99. The van der Waals surface area contributed by atoms with E-state index in [0.29, 0.717) is 39.0 Å². The molecule has 310 valence electrons. The smallest absolute Gasteiger partial charge is 0.175 e. The first-order valence-corrected chi connectivity index (χ1v) is 21.7. The maximum absolute atomic E-state index is 15.6. The molecule has 8 rings (SSSR count). The van der Waals surface area contributed by atoms with Crippen LogP contribution in [0.4, 0.5) is 20.4 Å². The van der Waals surface area contributed by atoms with E-state index in [9.17, 15) is 13.2 Å². The minimum atomic E-state index is -3.53. The molecule has 2 saturated carbocycles. The van der Waals surface area contributed by atoms with Gasteiger partial charge in [-0.25, -0.2) is 27.2 Å². The van der Waals surface area contributed by atoms with Crippen molar-refractivity contribution in [1.29, 1.82) is 0 Å². The number of carbonyl (C=O) groups is 1. The molecule has 0 saturated heterocycles. The molecule has 0 unspecified atom stereocenters. The number of nitrogens with two attached hydrogens (primary N) is 2. The fraction of sp³-hybridized carbons (Fsp3) is 0.267. The Morgan fingerprint density at radius 2 is 1.22 bits per heavy atom. The Labute approximate surface area is 352 Å². The Morgan fingerprint density at radius 3 is 1.63 bits per heavy atom. The van der Waals surface area contributed by atoms with Crippen LogP contribution >= 0.6 is 11.6 Å². The summed E-state index contributed by atoms with van der Waals surface area (Å²) in [6.07, 6.45) is 12.9. The first-order chi connectivity index (χ1) is 28.8. The molecule has 0 amide bonds. The Kier molecular flexibility index (Phi) is 12.7. The summed E-state index contributed by atoms with van der Waals surface area (Å²) in [5.41, 5.74) is 16.1. The molecule has 60 heavy (non-hydrogen) atoms. The zero-order chi connectivity index (χ0) is 42.6. The minimum absolute atomic E-state index is 0.00749. The number of rotatable bonds is 12. The van der Waals surface area contributed by atoms with Crippen molar-refractivity contribution in [2.75, 3.05) is 17.7 Å². The first kappa shape index (κ1) is 42.1. The Morgan fingerprint density at radius 1 is 0.717 bits per heavy atom. The molecule has 2 aliphatic carbocycles. The number of nitrogen functional groups attached to an aromatic ring is 2. The highest BCUT2D eigenvalue weighted by molar-refractivity contribution is 7.90. The molecule has 0 spiro atoms. The van der Waals surface area contributed by atoms with Gasteiger partial charge >= 0.3 is 0 Å². The normalized spacial score (nSPS) is 14.0. The minimum Gasteiger partial charge on any atom is -0.486 e. The van der Waals surface area contributed by atoms with Crippen molar-refractivity contribution in [3.8, 4) is 34.0 Å². The molecular weight excluding hydrogens is 810 g/mol. The van der Waals surface area contributed by atoms with Gasteiger partial charge in [-0.15, -0.1) is 0 Å². The van der Waals surface area contributed by atoms with Gasteiger partial charge in [-0.2, -0.15) is 0 Å². The van der Waals surface area contributed by atoms with Crippen molar-refractivity contribution >= 4 is 38.9 Å². The van der Waals surface area contributed by atoms with Crippen molar-refractivity contribution in [3.05, 3.63) is 136 Å². The number of Topliss-reactive ketones (excluding diaryl/α,β-unsaturated/α-hetero) is 1. The molecule has 0 radical (unpaired) electrons. The average Bonchev–Trinajstić information content (AvgIpc) is 3.18. The summed E-state index contributed by atoms with van der Waals surface area (Å²) in [6, 6.07) is 18.9. The Bertz CT molecular complexity index is 2620. The van der Waals surface area contributed by atoms with Gasteiger partial charge in [-0.05, 0) is 74.3 Å². The second-order valence-corrected chi connectivity index (χ2v) is 17.4. The average molecular weight is 853 g/mol. The van der Waals surface area contributed by atoms with Gasteiger partial charge in [-0.1, -0.05) is 66.9 Å². The Balaban J connectivity index is 0.000000182. The lowest BCUT2D eigenvalue weighted by Crippen LogP contribution is -2.13. The molecule has 2 heterocycles. The largest absolute Gasteiger partial charge is 0.486 e. The SMILES string of the molecule is CC(=O)c1ccc(COc2c(C3CCC3)ccc(-c3cnc(N)cn3)c2F)cc1.CS(=O)(=O)c1cc(Cl)ccc1COc1c(C2CCC2)ccc(-c2cnc(N)cn2)c1F. The summed E-state index contributed by atoms with van der Waals surface area (Å²) >= 11 is 5.97. The van der Waals surface area contributed by atoms with E-state index < -0.39 is 21.5 Å². The third-order valence-electron chi connectivity index (χ3n) is 10.8.